The Kier molecular flexibility index (Phi) is 6.55. The molecule has 0 bridgehead atoms. The number of nitrogens with zero attached hydrogens (tertiary/aromatic N) is 4. The standard InChI is InChI=1S/C20H24Cl2N4O/c1-3-17-16(13-15-7-5-4-6-8-15)19(24-14(2)23-17)25-9-11-26(12-10-25)20(27)18(21)22/h4-8,18H,3,9-13H2,1-2H3. The molecule has 1 aromatic heterocycles. The molecule has 1 saturated heterocycles. The van der Waals surface area contributed by atoms with Crippen molar-refractivity contribution in [2.24, 2.45) is 0 Å². The molecule has 0 aliphatic carbocycles. The average molecular weight is 407 g/mol. The first-order chi connectivity index (χ1) is 13.0. The molecule has 0 atom stereocenters. The molecule has 27 heavy (non-hydrogen) atoms. The van der Waals surface area contributed by atoms with E-state index in [2.05, 4.69) is 41.1 Å². The number of alkyl halides is 2. The lowest BCUT2D eigenvalue weighted by Crippen LogP contribution is -2.50. The van der Waals surface area contributed by atoms with Crippen LogP contribution >= 0.6 is 23.2 Å². The van der Waals surface area contributed by atoms with Crippen molar-refractivity contribution in [1.82, 2.24) is 14.9 Å². The predicted octanol–water partition coefficient (Wildman–Crippen LogP) is 3.39. The van der Waals surface area contributed by atoms with Crippen LogP contribution in [0.4, 0.5) is 5.82 Å². The molecular formula is C20H24Cl2N4O. The maximum atomic E-state index is 12.0. The molecule has 1 amide bonds. The van der Waals surface area contributed by atoms with E-state index < -0.39 is 4.84 Å². The fraction of sp³-hybridized carbons (Fsp3) is 0.450. The van der Waals surface area contributed by atoms with Gasteiger partial charge in [-0.3, -0.25) is 4.79 Å². The van der Waals surface area contributed by atoms with Crippen LogP contribution in [0, 0.1) is 6.92 Å². The number of hydrogen-bond donors (Lipinski definition) is 0. The molecule has 2 heterocycles. The summed E-state index contributed by atoms with van der Waals surface area (Å²) in [6.45, 7) is 6.63. The Labute approximate surface area is 170 Å². The molecule has 2 aromatic rings. The number of benzene rings is 1. The topological polar surface area (TPSA) is 49.3 Å². The Balaban J connectivity index is 1.86. The maximum absolute atomic E-state index is 12.0. The van der Waals surface area contributed by atoms with Crippen LogP contribution in [-0.2, 0) is 17.6 Å². The third-order valence-corrected chi connectivity index (χ3v) is 5.19. The summed E-state index contributed by atoms with van der Waals surface area (Å²) in [7, 11) is 0. The van der Waals surface area contributed by atoms with Gasteiger partial charge in [-0.05, 0) is 18.9 Å². The number of carbonyl (C=O) groups excluding carboxylic acids is 1. The molecular weight excluding hydrogens is 383 g/mol. The molecule has 1 aliphatic rings. The number of rotatable bonds is 5. The van der Waals surface area contributed by atoms with E-state index in [1.807, 2.05) is 13.0 Å². The van der Waals surface area contributed by atoms with Crippen molar-refractivity contribution in [2.75, 3.05) is 31.1 Å². The van der Waals surface area contributed by atoms with Gasteiger partial charge < -0.3 is 9.80 Å². The van der Waals surface area contributed by atoms with Gasteiger partial charge in [-0.1, -0.05) is 60.5 Å². The van der Waals surface area contributed by atoms with Gasteiger partial charge in [-0.2, -0.15) is 0 Å². The largest absolute Gasteiger partial charge is 0.353 e. The number of aromatic nitrogens is 2. The highest BCUT2D eigenvalue weighted by Crippen LogP contribution is 2.26. The van der Waals surface area contributed by atoms with Crippen LogP contribution in [0.1, 0.15) is 29.6 Å². The number of halogens is 2. The summed E-state index contributed by atoms with van der Waals surface area (Å²) in [4.78, 5) is 24.4. The minimum absolute atomic E-state index is 0.226. The predicted molar refractivity (Wildman–Crippen MR) is 110 cm³/mol. The zero-order valence-electron chi connectivity index (χ0n) is 15.7. The molecule has 1 fully saturated rings. The second kappa shape index (κ2) is 8.89. The lowest BCUT2D eigenvalue weighted by atomic mass is 10.0. The Morgan fingerprint density at radius 2 is 1.78 bits per heavy atom. The van der Waals surface area contributed by atoms with E-state index >= 15 is 0 Å². The highest BCUT2D eigenvalue weighted by Gasteiger charge is 2.27. The van der Waals surface area contributed by atoms with Gasteiger partial charge in [0.05, 0.1) is 0 Å². The minimum atomic E-state index is -1.00. The Bertz CT molecular complexity index is 790. The van der Waals surface area contributed by atoms with E-state index in [-0.39, 0.29) is 5.91 Å². The summed E-state index contributed by atoms with van der Waals surface area (Å²) < 4.78 is 0. The molecule has 0 saturated carbocycles. The number of carbonyl (C=O) groups is 1. The number of hydrogen-bond acceptors (Lipinski definition) is 4. The van der Waals surface area contributed by atoms with Crippen LogP contribution in [0.15, 0.2) is 30.3 Å². The van der Waals surface area contributed by atoms with Crippen molar-refractivity contribution in [3.05, 3.63) is 53.0 Å². The van der Waals surface area contributed by atoms with Gasteiger partial charge in [0.25, 0.3) is 5.91 Å². The Morgan fingerprint density at radius 1 is 1.11 bits per heavy atom. The van der Waals surface area contributed by atoms with Crippen LogP contribution in [-0.4, -0.2) is 51.8 Å². The van der Waals surface area contributed by atoms with E-state index in [0.29, 0.717) is 26.2 Å². The van der Waals surface area contributed by atoms with Crippen molar-refractivity contribution >= 4 is 34.9 Å². The highest BCUT2D eigenvalue weighted by atomic mass is 35.5. The van der Waals surface area contributed by atoms with Crippen molar-refractivity contribution in [2.45, 2.75) is 31.5 Å². The first kappa shape index (κ1) is 19.9. The summed E-state index contributed by atoms with van der Waals surface area (Å²) in [6, 6.07) is 10.4. The van der Waals surface area contributed by atoms with E-state index in [4.69, 9.17) is 28.2 Å². The van der Waals surface area contributed by atoms with Crippen molar-refractivity contribution in [1.29, 1.82) is 0 Å². The Morgan fingerprint density at radius 3 is 2.37 bits per heavy atom. The molecule has 5 nitrogen and oxygen atoms in total. The SMILES string of the molecule is CCc1nc(C)nc(N2CCN(C(=O)C(Cl)Cl)CC2)c1Cc1ccccc1. The minimum Gasteiger partial charge on any atom is -0.353 e. The second-order valence-electron chi connectivity index (χ2n) is 6.65. The normalized spacial score (nSPS) is 14.7. The van der Waals surface area contributed by atoms with Crippen molar-refractivity contribution in [3.63, 3.8) is 0 Å². The summed E-state index contributed by atoms with van der Waals surface area (Å²) in [6.07, 6.45) is 1.65. The molecule has 0 unspecified atom stereocenters. The molecule has 144 valence electrons. The van der Waals surface area contributed by atoms with Crippen molar-refractivity contribution < 1.29 is 4.79 Å². The molecule has 7 heteroatoms. The molecule has 3 rings (SSSR count). The average Bonchev–Trinajstić information content (AvgIpc) is 2.69. The maximum Gasteiger partial charge on any atom is 0.255 e. The van der Waals surface area contributed by atoms with E-state index in [0.717, 1.165) is 30.2 Å². The monoisotopic (exact) mass is 406 g/mol. The van der Waals surface area contributed by atoms with Gasteiger partial charge >= 0.3 is 0 Å². The highest BCUT2D eigenvalue weighted by molar-refractivity contribution is 6.53. The zero-order chi connectivity index (χ0) is 19.4. The van der Waals surface area contributed by atoms with Gasteiger partial charge in [-0.25, -0.2) is 9.97 Å². The van der Waals surface area contributed by atoms with E-state index in [9.17, 15) is 4.79 Å². The molecule has 0 radical (unpaired) electrons. The van der Waals surface area contributed by atoms with Gasteiger partial charge in [0.15, 0.2) is 4.84 Å². The van der Waals surface area contributed by atoms with Gasteiger partial charge in [0.2, 0.25) is 0 Å². The van der Waals surface area contributed by atoms with Crippen LogP contribution in [0.5, 0.6) is 0 Å². The fourth-order valence-electron chi connectivity index (χ4n) is 3.45. The molecule has 1 aromatic carbocycles. The third kappa shape index (κ3) is 4.71. The summed E-state index contributed by atoms with van der Waals surface area (Å²) in [5.41, 5.74) is 3.49. The molecule has 0 N–H and O–H groups in total. The summed E-state index contributed by atoms with van der Waals surface area (Å²) >= 11 is 11.5. The van der Waals surface area contributed by atoms with Crippen molar-refractivity contribution in [3.8, 4) is 0 Å². The van der Waals surface area contributed by atoms with Crippen LogP contribution < -0.4 is 4.90 Å². The third-order valence-electron chi connectivity index (χ3n) is 4.82. The van der Waals surface area contributed by atoms with E-state index in [1.54, 1.807) is 4.90 Å². The lowest BCUT2D eigenvalue weighted by molar-refractivity contribution is -0.129. The first-order valence-corrected chi connectivity index (χ1v) is 10.1. The lowest BCUT2D eigenvalue weighted by Gasteiger charge is -2.36. The summed E-state index contributed by atoms with van der Waals surface area (Å²) in [5.74, 6) is 1.53. The molecule has 1 aliphatic heterocycles. The van der Waals surface area contributed by atoms with Crippen LogP contribution in [0.3, 0.4) is 0 Å². The van der Waals surface area contributed by atoms with Crippen LogP contribution in [0.25, 0.3) is 0 Å². The second-order valence-corrected chi connectivity index (χ2v) is 7.74. The number of piperazine rings is 1. The number of aryl methyl sites for hydroxylation is 2. The molecule has 0 spiro atoms. The summed E-state index contributed by atoms with van der Waals surface area (Å²) in [5, 5.41) is 0. The number of anilines is 1. The first-order valence-electron chi connectivity index (χ1n) is 9.21. The smallest absolute Gasteiger partial charge is 0.255 e. The zero-order valence-corrected chi connectivity index (χ0v) is 17.2. The van der Waals surface area contributed by atoms with Crippen LogP contribution in [0.2, 0.25) is 0 Å². The number of amides is 1. The fourth-order valence-corrected chi connectivity index (χ4v) is 3.73. The van der Waals surface area contributed by atoms with Gasteiger partial charge in [-0.15, -0.1) is 0 Å². The van der Waals surface area contributed by atoms with E-state index in [1.165, 1.54) is 11.1 Å². The Hall–Kier alpha value is -1.85. The quantitative estimate of drug-likeness (QED) is 0.713. The van der Waals surface area contributed by atoms with Gasteiger partial charge in [0.1, 0.15) is 11.6 Å². The van der Waals surface area contributed by atoms with Gasteiger partial charge in [0, 0.05) is 43.9 Å².